The standard InChI is InChI=1S/C23H17Cl2F3N6O4/c24-13-5-7-14(8-6-13)32-18-17(19(35)34(22(32)37)38-20(36)23(26,27)28)33(16-4-2-1-3-15(16)25)21(30-18)31-11-9-29-10-12-31/h1-8,29H,9-12H2. The number of halogens is 5. The Balaban J connectivity index is 1.92. The van der Waals surface area contributed by atoms with Crippen molar-refractivity contribution in [2.75, 3.05) is 31.1 Å². The monoisotopic (exact) mass is 568 g/mol. The van der Waals surface area contributed by atoms with E-state index in [1.165, 1.54) is 28.8 Å². The van der Waals surface area contributed by atoms with Crippen LogP contribution in [0.3, 0.4) is 0 Å². The second kappa shape index (κ2) is 9.82. The minimum Gasteiger partial charge on any atom is -0.339 e. The fourth-order valence-electron chi connectivity index (χ4n) is 4.09. The van der Waals surface area contributed by atoms with E-state index in [0.717, 1.165) is 4.57 Å². The van der Waals surface area contributed by atoms with Crippen molar-refractivity contribution in [2.45, 2.75) is 6.18 Å². The Morgan fingerprint density at radius 2 is 1.63 bits per heavy atom. The molecular formula is C23H17Cl2F3N6O4. The smallest absolute Gasteiger partial charge is 0.339 e. The molecular weight excluding hydrogens is 552 g/mol. The van der Waals surface area contributed by atoms with Gasteiger partial charge in [-0.1, -0.05) is 40.1 Å². The number of anilines is 1. The van der Waals surface area contributed by atoms with Gasteiger partial charge in [-0.05, 0) is 36.4 Å². The van der Waals surface area contributed by atoms with Gasteiger partial charge >= 0.3 is 23.4 Å². The van der Waals surface area contributed by atoms with Gasteiger partial charge in [0, 0.05) is 31.2 Å². The van der Waals surface area contributed by atoms with Crippen molar-refractivity contribution in [1.29, 1.82) is 0 Å². The molecule has 1 aliphatic rings. The van der Waals surface area contributed by atoms with Gasteiger partial charge in [-0.2, -0.15) is 18.2 Å². The summed E-state index contributed by atoms with van der Waals surface area (Å²) in [6.45, 7) is 2.11. The van der Waals surface area contributed by atoms with Crippen LogP contribution in [0.1, 0.15) is 0 Å². The number of para-hydroxylation sites is 1. The van der Waals surface area contributed by atoms with Crippen molar-refractivity contribution >= 4 is 46.3 Å². The first kappa shape index (κ1) is 25.8. The van der Waals surface area contributed by atoms with Crippen LogP contribution in [0, 0.1) is 0 Å². The first-order valence-corrected chi connectivity index (χ1v) is 11.9. The molecule has 0 amide bonds. The highest BCUT2D eigenvalue weighted by Crippen LogP contribution is 2.30. The van der Waals surface area contributed by atoms with Crippen molar-refractivity contribution in [3.8, 4) is 11.4 Å². The molecule has 0 atom stereocenters. The maximum atomic E-state index is 13.6. The molecule has 38 heavy (non-hydrogen) atoms. The normalized spacial score (nSPS) is 14.2. The van der Waals surface area contributed by atoms with E-state index in [4.69, 9.17) is 23.2 Å². The average molecular weight is 569 g/mol. The van der Waals surface area contributed by atoms with Gasteiger partial charge in [0.15, 0.2) is 11.2 Å². The highest BCUT2D eigenvalue weighted by Gasteiger charge is 2.43. The van der Waals surface area contributed by atoms with Gasteiger partial charge in [0.05, 0.1) is 16.4 Å². The van der Waals surface area contributed by atoms with Crippen molar-refractivity contribution < 1.29 is 22.8 Å². The number of hydrogen-bond acceptors (Lipinski definition) is 7. The molecule has 5 rings (SSSR count). The summed E-state index contributed by atoms with van der Waals surface area (Å²) >= 11 is 12.4. The summed E-state index contributed by atoms with van der Waals surface area (Å²) in [5.74, 6) is -2.53. The van der Waals surface area contributed by atoms with Crippen LogP contribution in [0.2, 0.25) is 10.0 Å². The first-order valence-electron chi connectivity index (χ1n) is 11.1. The molecule has 10 nitrogen and oxygen atoms in total. The molecule has 2 aromatic heterocycles. The van der Waals surface area contributed by atoms with Crippen LogP contribution in [0.4, 0.5) is 19.1 Å². The number of piperazine rings is 1. The van der Waals surface area contributed by atoms with Crippen LogP contribution in [-0.4, -0.2) is 57.2 Å². The molecule has 0 bridgehead atoms. The van der Waals surface area contributed by atoms with Crippen LogP contribution in [0.5, 0.6) is 0 Å². The fourth-order valence-corrected chi connectivity index (χ4v) is 4.43. The Morgan fingerprint density at radius 1 is 0.974 bits per heavy atom. The molecule has 0 unspecified atom stereocenters. The molecule has 0 aliphatic carbocycles. The molecule has 4 aromatic rings. The van der Waals surface area contributed by atoms with Gasteiger partial charge in [0.2, 0.25) is 5.95 Å². The summed E-state index contributed by atoms with van der Waals surface area (Å²) in [5.41, 5.74) is -2.85. The number of nitrogens with zero attached hydrogens (tertiary/aromatic N) is 5. The second-order valence-corrected chi connectivity index (χ2v) is 9.02. The Kier molecular flexibility index (Phi) is 6.67. The van der Waals surface area contributed by atoms with E-state index in [9.17, 15) is 27.6 Å². The lowest BCUT2D eigenvalue weighted by Crippen LogP contribution is -2.48. The van der Waals surface area contributed by atoms with E-state index in [1.54, 1.807) is 24.3 Å². The number of carbonyl (C=O) groups is 1. The van der Waals surface area contributed by atoms with Crippen LogP contribution < -0.4 is 26.3 Å². The summed E-state index contributed by atoms with van der Waals surface area (Å²) < 4.78 is 41.2. The SMILES string of the molecule is O=C(On1c(=O)c2c(nc(N3CCNCC3)n2-c2ccccc2Cl)n(-c2ccc(Cl)cc2)c1=O)C(F)(F)F. The van der Waals surface area contributed by atoms with E-state index >= 15 is 0 Å². The van der Waals surface area contributed by atoms with Crippen LogP contribution in [0.15, 0.2) is 58.1 Å². The molecule has 0 radical (unpaired) electrons. The molecule has 0 saturated carbocycles. The number of benzene rings is 2. The molecule has 1 N–H and O–H groups in total. The van der Waals surface area contributed by atoms with E-state index in [0.29, 0.717) is 31.2 Å². The number of imidazole rings is 1. The maximum absolute atomic E-state index is 13.6. The van der Waals surface area contributed by atoms with Crippen molar-refractivity contribution in [3.63, 3.8) is 0 Å². The predicted molar refractivity (Wildman–Crippen MR) is 134 cm³/mol. The topological polar surface area (TPSA) is 103 Å². The van der Waals surface area contributed by atoms with Gasteiger partial charge < -0.3 is 15.1 Å². The molecule has 2 aromatic carbocycles. The Morgan fingerprint density at radius 3 is 2.26 bits per heavy atom. The van der Waals surface area contributed by atoms with E-state index in [-0.39, 0.29) is 38.2 Å². The number of aromatic nitrogens is 4. The van der Waals surface area contributed by atoms with E-state index in [2.05, 4.69) is 15.1 Å². The van der Waals surface area contributed by atoms with E-state index in [1.807, 2.05) is 4.90 Å². The van der Waals surface area contributed by atoms with Crippen LogP contribution >= 0.6 is 23.2 Å². The third kappa shape index (κ3) is 4.52. The van der Waals surface area contributed by atoms with Gasteiger partial charge in [-0.3, -0.25) is 9.36 Å². The van der Waals surface area contributed by atoms with Gasteiger partial charge in [0.1, 0.15) is 0 Å². The minimum atomic E-state index is -5.47. The second-order valence-electron chi connectivity index (χ2n) is 8.18. The highest BCUT2D eigenvalue weighted by molar-refractivity contribution is 6.32. The third-order valence-corrected chi connectivity index (χ3v) is 6.36. The summed E-state index contributed by atoms with van der Waals surface area (Å²) in [4.78, 5) is 49.4. The number of rotatable bonds is 4. The lowest BCUT2D eigenvalue weighted by Gasteiger charge is -2.28. The Hall–Kier alpha value is -3.81. The lowest BCUT2D eigenvalue weighted by molar-refractivity contribution is -0.200. The number of nitrogens with one attached hydrogen (secondary N) is 1. The van der Waals surface area contributed by atoms with Crippen molar-refractivity contribution in [3.05, 3.63) is 79.4 Å². The maximum Gasteiger partial charge on any atom is 0.493 e. The van der Waals surface area contributed by atoms with Crippen LogP contribution in [0.25, 0.3) is 22.5 Å². The summed E-state index contributed by atoms with van der Waals surface area (Å²) in [6, 6.07) is 12.1. The van der Waals surface area contributed by atoms with Crippen LogP contribution in [-0.2, 0) is 4.79 Å². The van der Waals surface area contributed by atoms with Gasteiger partial charge in [-0.15, -0.1) is 0 Å². The largest absolute Gasteiger partial charge is 0.493 e. The molecule has 198 valence electrons. The minimum absolute atomic E-state index is 0.108. The summed E-state index contributed by atoms with van der Waals surface area (Å²) in [5, 5.41) is 3.71. The zero-order valence-electron chi connectivity index (χ0n) is 19.2. The molecule has 1 fully saturated rings. The molecule has 3 heterocycles. The number of fused-ring (bicyclic) bond motifs is 1. The molecule has 15 heteroatoms. The summed E-state index contributed by atoms with van der Waals surface area (Å²) in [7, 11) is 0. The first-order chi connectivity index (χ1) is 18.1. The van der Waals surface area contributed by atoms with Gasteiger partial charge in [0.25, 0.3) is 0 Å². The van der Waals surface area contributed by atoms with Crippen molar-refractivity contribution in [2.24, 2.45) is 0 Å². The van der Waals surface area contributed by atoms with Gasteiger partial charge in [-0.25, -0.2) is 14.2 Å². The molecule has 1 aliphatic heterocycles. The van der Waals surface area contributed by atoms with E-state index < -0.39 is 23.4 Å². The number of hydrogen-bond donors (Lipinski definition) is 1. The number of carbonyl (C=O) groups excluding carboxylic acids is 1. The zero-order chi connectivity index (χ0) is 27.2. The Labute approximate surface area is 221 Å². The zero-order valence-corrected chi connectivity index (χ0v) is 20.7. The predicted octanol–water partition coefficient (Wildman–Crippen LogP) is 2.57. The quantitative estimate of drug-likeness (QED) is 0.403. The molecule has 1 saturated heterocycles. The number of alkyl halides is 3. The highest BCUT2D eigenvalue weighted by atomic mass is 35.5. The summed E-state index contributed by atoms with van der Waals surface area (Å²) in [6.07, 6.45) is -5.47. The molecule has 0 spiro atoms. The fraction of sp³-hybridized carbons (Fsp3) is 0.217. The Bertz CT molecular complexity index is 1660. The lowest BCUT2D eigenvalue weighted by atomic mass is 10.3. The average Bonchev–Trinajstić information content (AvgIpc) is 3.28. The van der Waals surface area contributed by atoms with Crippen molar-refractivity contribution in [1.82, 2.24) is 24.2 Å². The third-order valence-electron chi connectivity index (χ3n) is 5.79.